The highest BCUT2D eigenvalue weighted by atomic mass is 16.3. The Balaban J connectivity index is 1.48. The Morgan fingerprint density at radius 3 is 2.52 bits per heavy atom. The zero-order valence-electron chi connectivity index (χ0n) is 21.4. The first kappa shape index (κ1) is 23.6. The second-order valence-corrected chi connectivity index (χ2v) is 12.6. The minimum atomic E-state index is -0.0447. The fraction of sp³-hybridized carbons (Fsp3) is 0.867. The fourth-order valence-electron chi connectivity index (χ4n) is 9.12. The lowest BCUT2D eigenvalue weighted by molar-refractivity contribution is -0.0428. The molecule has 31 heavy (non-hydrogen) atoms. The molecule has 1 nitrogen and oxygen atoms in total. The van der Waals surface area contributed by atoms with Crippen LogP contribution in [0.3, 0.4) is 0 Å². The van der Waals surface area contributed by atoms with E-state index in [2.05, 4.69) is 53.7 Å². The second-order valence-electron chi connectivity index (χ2n) is 12.6. The molecule has 3 saturated carbocycles. The molecule has 4 aliphatic carbocycles. The highest BCUT2D eigenvalue weighted by molar-refractivity contribution is 5.27. The van der Waals surface area contributed by atoms with Crippen molar-refractivity contribution in [3.63, 3.8) is 0 Å². The van der Waals surface area contributed by atoms with Crippen LogP contribution in [0, 0.1) is 46.3 Å². The highest BCUT2D eigenvalue weighted by Gasteiger charge is 2.58. The predicted molar refractivity (Wildman–Crippen MR) is 133 cm³/mol. The molecule has 0 heterocycles. The molecule has 0 saturated heterocycles. The largest absolute Gasteiger partial charge is 0.393 e. The predicted octanol–water partition coefficient (Wildman–Crippen LogP) is 8.34. The molecule has 0 spiro atoms. The van der Waals surface area contributed by atoms with Crippen molar-refractivity contribution in [2.75, 3.05) is 0 Å². The molecule has 1 N–H and O–H groups in total. The minimum absolute atomic E-state index is 0.0447. The van der Waals surface area contributed by atoms with Gasteiger partial charge in [-0.25, -0.2) is 0 Å². The van der Waals surface area contributed by atoms with Gasteiger partial charge in [0.1, 0.15) is 0 Å². The molecule has 176 valence electrons. The maximum Gasteiger partial charge on any atom is 0.0543 e. The Morgan fingerprint density at radius 2 is 1.81 bits per heavy atom. The van der Waals surface area contributed by atoms with Crippen LogP contribution in [0.25, 0.3) is 0 Å². The van der Waals surface area contributed by atoms with Crippen LogP contribution in [0.1, 0.15) is 112 Å². The van der Waals surface area contributed by atoms with Gasteiger partial charge in [-0.15, -0.1) is 0 Å². The van der Waals surface area contributed by atoms with E-state index in [-0.39, 0.29) is 6.10 Å². The molecule has 0 bridgehead atoms. The Bertz CT molecular complexity index is 703. The normalized spacial score (nSPS) is 44.7. The lowest BCUT2D eigenvalue weighted by Gasteiger charge is -2.57. The van der Waals surface area contributed by atoms with Gasteiger partial charge in [0.15, 0.2) is 0 Å². The summed E-state index contributed by atoms with van der Waals surface area (Å²) in [5.74, 6) is 4.89. The Hall–Kier alpha value is -0.560. The number of aliphatic hydroxyl groups excluding tert-OH is 1. The molecule has 0 amide bonds. The summed E-state index contributed by atoms with van der Waals surface area (Å²) in [6.45, 7) is 14.8. The monoisotopic (exact) mass is 426 g/mol. The smallest absolute Gasteiger partial charge is 0.0543 e. The molecule has 4 aliphatic rings. The van der Waals surface area contributed by atoms with Crippen LogP contribution in [0.5, 0.6) is 0 Å². The van der Waals surface area contributed by atoms with Gasteiger partial charge in [-0.3, -0.25) is 0 Å². The van der Waals surface area contributed by atoms with E-state index in [0.717, 1.165) is 42.4 Å². The van der Waals surface area contributed by atoms with Gasteiger partial charge in [-0.2, -0.15) is 0 Å². The van der Waals surface area contributed by atoms with Crippen molar-refractivity contribution in [1.82, 2.24) is 0 Å². The molecule has 0 radical (unpaired) electrons. The van der Waals surface area contributed by atoms with E-state index in [1.165, 1.54) is 57.8 Å². The first-order valence-corrected chi connectivity index (χ1v) is 13.7. The number of allylic oxidation sites excluding steroid dienone is 4. The third-order valence-electron chi connectivity index (χ3n) is 11.4. The van der Waals surface area contributed by atoms with Crippen molar-refractivity contribution in [3.8, 4) is 0 Å². The molecular formula is C30H50O. The van der Waals surface area contributed by atoms with Gasteiger partial charge in [-0.05, 0) is 131 Å². The number of hydrogen-bond donors (Lipinski definition) is 1. The van der Waals surface area contributed by atoms with Crippen LogP contribution in [0.2, 0.25) is 0 Å². The third-order valence-corrected chi connectivity index (χ3v) is 11.4. The number of fused-ring (bicyclic) bond motifs is 5. The zero-order valence-corrected chi connectivity index (χ0v) is 21.4. The molecule has 0 aromatic rings. The van der Waals surface area contributed by atoms with E-state index in [4.69, 9.17) is 0 Å². The SMILES string of the molecule is CC=C(C)[C@@H](CC)CC[C@@H](C)[C@H]1CC[C@H]2C3=CC[C@H]4C[C@@H](O)CC[C@]4(C)[C@H]3CC[C@]12C. The zero-order chi connectivity index (χ0) is 22.4. The van der Waals surface area contributed by atoms with Crippen molar-refractivity contribution < 1.29 is 5.11 Å². The van der Waals surface area contributed by atoms with Crippen LogP contribution >= 0.6 is 0 Å². The highest BCUT2D eigenvalue weighted by Crippen LogP contribution is 2.67. The Labute approximate surface area is 193 Å². The first-order chi connectivity index (χ1) is 14.7. The summed E-state index contributed by atoms with van der Waals surface area (Å²) in [7, 11) is 0. The van der Waals surface area contributed by atoms with Crippen LogP contribution in [-0.4, -0.2) is 11.2 Å². The van der Waals surface area contributed by atoms with Gasteiger partial charge < -0.3 is 5.11 Å². The summed E-state index contributed by atoms with van der Waals surface area (Å²) in [4.78, 5) is 0. The molecule has 1 heteroatoms. The lowest BCUT2D eigenvalue weighted by Crippen LogP contribution is -2.49. The molecule has 0 aliphatic heterocycles. The molecule has 4 rings (SSSR count). The molecule has 9 atom stereocenters. The third kappa shape index (κ3) is 4.00. The van der Waals surface area contributed by atoms with E-state index in [0.29, 0.717) is 16.7 Å². The van der Waals surface area contributed by atoms with Gasteiger partial charge in [0.25, 0.3) is 0 Å². The lowest BCUT2D eigenvalue weighted by atomic mass is 9.47. The van der Waals surface area contributed by atoms with E-state index in [1.807, 2.05) is 5.57 Å². The van der Waals surface area contributed by atoms with E-state index < -0.39 is 0 Å². The molecule has 3 fully saturated rings. The summed E-state index contributed by atoms with van der Waals surface area (Å²) in [5, 5.41) is 10.3. The minimum Gasteiger partial charge on any atom is -0.393 e. The van der Waals surface area contributed by atoms with Crippen molar-refractivity contribution in [2.45, 2.75) is 118 Å². The van der Waals surface area contributed by atoms with E-state index in [1.54, 1.807) is 5.57 Å². The Morgan fingerprint density at radius 1 is 1.10 bits per heavy atom. The fourth-order valence-corrected chi connectivity index (χ4v) is 9.12. The molecule has 0 unspecified atom stereocenters. The number of rotatable bonds is 6. The summed E-state index contributed by atoms with van der Waals surface area (Å²) >= 11 is 0. The van der Waals surface area contributed by atoms with Crippen LogP contribution in [0.15, 0.2) is 23.3 Å². The summed E-state index contributed by atoms with van der Waals surface area (Å²) in [5.41, 5.74) is 4.44. The van der Waals surface area contributed by atoms with Gasteiger partial charge in [-0.1, -0.05) is 51.0 Å². The second kappa shape index (κ2) is 9.00. The van der Waals surface area contributed by atoms with Crippen LogP contribution in [0.4, 0.5) is 0 Å². The van der Waals surface area contributed by atoms with Gasteiger partial charge in [0, 0.05) is 0 Å². The van der Waals surface area contributed by atoms with Gasteiger partial charge in [0.2, 0.25) is 0 Å². The van der Waals surface area contributed by atoms with Crippen molar-refractivity contribution in [3.05, 3.63) is 23.3 Å². The van der Waals surface area contributed by atoms with Crippen molar-refractivity contribution in [1.29, 1.82) is 0 Å². The molecule has 0 aromatic heterocycles. The van der Waals surface area contributed by atoms with Crippen molar-refractivity contribution in [2.24, 2.45) is 46.3 Å². The maximum absolute atomic E-state index is 10.3. The topological polar surface area (TPSA) is 20.2 Å². The van der Waals surface area contributed by atoms with E-state index >= 15 is 0 Å². The summed E-state index contributed by atoms with van der Waals surface area (Å²) in [6.07, 6.45) is 19.3. The average Bonchev–Trinajstić information content (AvgIpc) is 3.11. The summed E-state index contributed by atoms with van der Waals surface area (Å²) < 4.78 is 0. The van der Waals surface area contributed by atoms with Gasteiger partial charge >= 0.3 is 0 Å². The maximum atomic E-state index is 10.3. The molecular weight excluding hydrogens is 376 g/mol. The number of aliphatic hydroxyl groups is 1. The quantitative estimate of drug-likeness (QED) is 0.423. The molecule has 0 aromatic carbocycles. The summed E-state index contributed by atoms with van der Waals surface area (Å²) in [6, 6.07) is 0. The number of hydrogen-bond acceptors (Lipinski definition) is 1. The van der Waals surface area contributed by atoms with E-state index in [9.17, 15) is 5.11 Å². The first-order valence-electron chi connectivity index (χ1n) is 13.7. The van der Waals surface area contributed by atoms with Crippen LogP contribution < -0.4 is 0 Å². The standard InChI is InChI=1S/C30H50O/c1-7-20(3)22(8-2)10-9-21(4)26-13-14-27-25-12-11-23-19-24(31)15-17-29(23,5)28(25)16-18-30(26,27)6/h7,12,21-24,26-28,31H,8-11,13-19H2,1-6H3/t21-,22+,23+,24+,26-,27+,28+,29+,30-/m1/s1. The van der Waals surface area contributed by atoms with Gasteiger partial charge in [0.05, 0.1) is 6.10 Å². The Kier molecular flexibility index (Phi) is 6.85. The van der Waals surface area contributed by atoms with Crippen molar-refractivity contribution >= 4 is 0 Å². The average molecular weight is 427 g/mol. The van der Waals surface area contributed by atoms with Crippen LogP contribution in [-0.2, 0) is 0 Å².